The van der Waals surface area contributed by atoms with Gasteiger partial charge in [-0.3, -0.25) is 4.79 Å². The Kier molecular flexibility index (Phi) is 4.54. The van der Waals surface area contributed by atoms with E-state index in [4.69, 9.17) is 11.5 Å². The summed E-state index contributed by atoms with van der Waals surface area (Å²) in [5.41, 5.74) is 16.4. The summed E-state index contributed by atoms with van der Waals surface area (Å²) in [6.07, 6.45) is 1.71. The lowest BCUT2D eigenvalue weighted by atomic mass is 10.0. The second kappa shape index (κ2) is 6.78. The fourth-order valence-corrected chi connectivity index (χ4v) is 2.66. The number of hydrogen-bond acceptors (Lipinski definition) is 5. The van der Waals surface area contributed by atoms with Gasteiger partial charge in [0.15, 0.2) is 5.82 Å². The number of benzene rings is 2. The molecule has 6 nitrogen and oxygen atoms in total. The first-order valence-electron chi connectivity index (χ1n) is 7.98. The standard InChI is InChI=1S/C19H21N5O/c1-12-15(7-4-8-16(12)21)17-11-24(2)19(25)18(23-17)22-14-6-3-5-13(9-14)10-20/h3-9,11H,10,20-21H2,1-2H3,(H,22,23). The third-order valence-electron chi connectivity index (χ3n) is 4.15. The molecule has 3 rings (SSSR count). The zero-order valence-corrected chi connectivity index (χ0v) is 14.3. The zero-order valence-electron chi connectivity index (χ0n) is 14.3. The van der Waals surface area contributed by atoms with Gasteiger partial charge < -0.3 is 21.4 Å². The average Bonchev–Trinajstić information content (AvgIpc) is 2.61. The van der Waals surface area contributed by atoms with Crippen LogP contribution in [0, 0.1) is 6.92 Å². The summed E-state index contributed by atoms with van der Waals surface area (Å²) < 4.78 is 1.51. The average molecular weight is 335 g/mol. The number of rotatable bonds is 4. The summed E-state index contributed by atoms with van der Waals surface area (Å²) in [5.74, 6) is 0.260. The van der Waals surface area contributed by atoms with Gasteiger partial charge in [-0.2, -0.15) is 0 Å². The van der Waals surface area contributed by atoms with Crippen LogP contribution in [-0.2, 0) is 13.6 Å². The lowest BCUT2D eigenvalue weighted by molar-refractivity contribution is 0.848. The summed E-state index contributed by atoms with van der Waals surface area (Å²) >= 11 is 0. The molecule has 0 spiro atoms. The maximum absolute atomic E-state index is 12.5. The Hall–Kier alpha value is -3.12. The van der Waals surface area contributed by atoms with Crippen LogP contribution in [0.2, 0.25) is 0 Å². The minimum atomic E-state index is -0.205. The minimum Gasteiger partial charge on any atom is -0.398 e. The van der Waals surface area contributed by atoms with Crippen molar-refractivity contribution < 1.29 is 0 Å². The van der Waals surface area contributed by atoms with Gasteiger partial charge in [0.05, 0.1) is 5.69 Å². The highest BCUT2D eigenvalue weighted by atomic mass is 16.1. The van der Waals surface area contributed by atoms with Crippen LogP contribution in [0.3, 0.4) is 0 Å². The fraction of sp³-hybridized carbons (Fsp3) is 0.158. The van der Waals surface area contributed by atoms with Crippen LogP contribution in [0.4, 0.5) is 17.2 Å². The number of hydrogen-bond donors (Lipinski definition) is 3. The molecule has 5 N–H and O–H groups in total. The zero-order chi connectivity index (χ0) is 18.0. The fourth-order valence-electron chi connectivity index (χ4n) is 2.66. The maximum atomic E-state index is 12.5. The van der Waals surface area contributed by atoms with Gasteiger partial charge in [0, 0.05) is 36.7 Å². The van der Waals surface area contributed by atoms with Crippen molar-refractivity contribution in [2.24, 2.45) is 12.8 Å². The van der Waals surface area contributed by atoms with Crippen molar-refractivity contribution >= 4 is 17.2 Å². The second-order valence-electron chi connectivity index (χ2n) is 5.94. The SMILES string of the molecule is Cc1c(N)cccc1-c1cn(C)c(=O)c(Nc2cccc(CN)c2)n1. The third kappa shape index (κ3) is 3.39. The quantitative estimate of drug-likeness (QED) is 0.636. The van der Waals surface area contributed by atoms with Gasteiger partial charge in [-0.05, 0) is 36.2 Å². The van der Waals surface area contributed by atoms with Gasteiger partial charge in [-0.25, -0.2) is 4.98 Å². The van der Waals surface area contributed by atoms with E-state index < -0.39 is 0 Å². The molecule has 0 saturated heterocycles. The van der Waals surface area contributed by atoms with Crippen molar-refractivity contribution in [3.8, 4) is 11.3 Å². The van der Waals surface area contributed by atoms with E-state index in [0.29, 0.717) is 17.9 Å². The van der Waals surface area contributed by atoms with E-state index in [1.807, 2.05) is 49.4 Å². The highest BCUT2D eigenvalue weighted by Crippen LogP contribution is 2.26. The van der Waals surface area contributed by atoms with E-state index in [0.717, 1.165) is 22.4 Å². The van der Waals surface area contributed by atoms with E-state index in [2.05, 4.69) is 10.3 Å². The molecular formula is C19H21N5O. The Bertz CT molecular complexity index is 978. The van der Waals surface area contributed by atoms with E-state index in [-0.39, 0.29) is 11.4 Å². The molecule has 0 radical (unpaired) electrons. The molecule has 128 valence electrons. The lowest BCUT2D eigenvalue weighted by Gasteiger charge is -2.12. The summed E-state index contributed by atoms with van der Waals surface area (Å²) in [4.78, 5) is 17.0. The van der Waals surface area contributed by atoms with Crippen LogP contribution >= 0.6 is 0 Å². The minimum absolute atomic E-state index is 0.205. The number of nitrogens with two attached hydrogens (primary N) is 2. The largest absolute Gasteiger partial charge is 0.398 e. The Morgan fingerprint density at radius 1 is 1.20 bits per heavy atom. The molecule has 0 aliphatic carbocycles. The molecule has 6 heteroatoms. The molecule has 0 aliphatic rings. The van der Waals surface area contributed by atoms with Crippen LogP contribution < -0.4 is 22.3 Å². The van der Waals surface area contributed by atoms with Crippen molar-refractivity contribution in [1.82, 2.24) is 9.55 Å². The predicted octanol–water partition coefficient (Wildman–Crippen LogP) is 2.54. The maximum Gasteiger partial charge on any atom is 0.293 e. The molecule has 25 heavy (non-hydrogen) atoms. The second-order valence-corrected chi connectivity index (χ2v) is 5.94. The number of nitrogen functional groups attached to an aromatic ring is 1. The normalized spacial score (nSPS) is 10.7. The van der Waals surface area contributed by atoms with Crippen LogP contribution in [0.25, 0.3) is 11.3 Å². The molecule has 0 atom stereocenters. The molecule has 3 aromatic rings. The summed E-state index contributed by atoms with van der Waals surface area (Å²) in [5, 5.41) is 3.10. The van der Waals surface area contributed by atoms with Gasteiger partial charge in [0.1, 0.15) is 0 Å². The van der Waals surface area contributed by atoms with Gasteiger partial charge in [-0.15, -0.1) is 0 Å². The summed E-state index contributed by atoms with van der Waals surface area (Å²) in [6.45, 7) is 2.37. The van der Waals surface area contributed by atoms with E-state index >= 15 is 0 Å². The first-order chi connectivity index (χ1) is 12.0. The third-order valence-corrected chi connectivity index (χ3v) is 4.15. The molecule has 0 bridgehead atoms. The number of aromatic nitrogens is 2. The highest BCUT2D eigenvalue weighted by molar-refractivity contribution is 5.71. The van der Waals surface area contributed by atoms with Crippen molar-refractivity contribution in [1.29, 1.82) is 0 Å². The molecule has 0 aliphatic heterocycles. The summed E-state index contributed by atoms with van der Waals surface area (Å²) in [6, 6.07) is 13.3. The van der Waals surface area contributed by atoms with Crippen molar-refractivity contribution in [3.63, 3.8) is 0 Å². The Morgan fingerprint density at radius 3 is 2.72 bits per heavy atom. The Labute approximate surface area is 146 Å². The van der Waals surface area contributed by atoms with E-state index in [1.165, 1.54) is 4.57 Å². The number of nitrogens with one attached hydrogen (secondary N) is 1. The van der Waals surface area contributed by atoms with Gasteiger partial charge in [0.2, 0.25) is 0 Å². The van der Waals surface area contributed by atoms with Gasteiger partial charge >= 0.3 is 0 Å². The first kappa shape index (κ1) is 16.7. The molecule has 0 fully saturated rings. The van der Waals surface area contributed by atoms with Gasteiger partial charge in [0.25, 0.3) is 5.56 Å². The first-order valence-corrected chi connectivity index (χ1v) is 7.98. The van der Waals surface area contributed by atoms with E-state index in [1.54, 1.807) is 13.2 Å². The topological polar surface area (TPSA) is 99.0 Å². The number of anilines is 3. The molecule has 1 aromatic heterocycles. The van der Waals surface area contributed by atoms with Crippen LogP contribution in [0.1, 0.15) is 11.1 Å². The van der Waals surface area contributed by atoms with Crippen molar-refractivity contribution in [3.05, 3.63) is 70.1 Å². The molecule has 0 unspecified atom stereocenters. The predicted molar refractivity (Wildman–Crippen MR) is 102 cm³/mol. The number of aryl methyl sites for hydroxylation is 1. The van der Waals surface area contributed by atoms with Crippen LogP contribution in [-0.4, -0.2) is 9.55 Å². The number of nitrogens with zero attached hydrogens (tertiary/aromatic N) is 2. The van der Waals surface area contributed by atoms with Crippen molar-refractivity contribution in [2.75, 3.05) is 11.1 Å². The van der Waals surface area contributed by atoms with Crippen LogP contribution in [0.5, 0.6) is 0 Å². The van der Waals surface area contributed by atoms with Crippen LogP contribution in [0.15, 0.2) is 53.5 Å². The van der Waals surface area contributed by atoms with E-state index in [9.17, 15) is 4.79 Å². The monoisotopic (exact) mass is 335 g/mol. The Morgan fingerprint density at radius 2 is 1.96 bits per heavy atom. The Balaban J connectivity index is 2.07. The summed E-state index contributed by atoms with van der Waals surface area (Å²) in [7, 11) is 1.70. The molecular weight excluding hydrogens is 314 g/mol. The molecule has 2 aromatic carbocycles. The lowest BCUT2D eigenvalue weighted by Crippen LogP contribution is -2.21. The molecule has 1 heterocycles. The molecule has 0 amide bonds. The smallest absolute Gasteiger partial charge is 0.293 e. The highest BCUT2D eigenvalue weighted by Gasteiger charge is 2.11. The van der Waals surface area contributed by atoms with Crippen molar-refractivity contribution in [2.45, 2.75) is 13.5 Å². The van der Waals surface area contributed by atoms with Gasteiger partial charge in [-0.1, -0.05) is 24.3 Å². The molecule has 0 saturated carbocycles.